The fourth-order valence-electron chi connectivity index (χ4n) is 11.6. The van der Waals surface area contributed by atoms with Gasteiger partial charge in [-0.15, -0.1) is 0 Å². The van der Waals surface area contributed by atoms with Gasteiger partial charge in [-0.05, 0) is 118 Å². The van der Waals surface area contributed by atoms with E-state index in [1.807, 2.05) is 0 Å². The van der Waals surface area contributed by atoms with Crippen molar-refractivity contribution >= 4 is 11.9 Å². The minimum atomic E-state index is -0.262. The van der Waals surface area contributed by atoms with Gasteiger partial charge in [0.05, 0.1) is 5.41 Å². The van der Waals surface area contributed by atoms with Gasteiger partial charge in [0.2, 0.25) is 5.91 Å². The highest BCUT2D eigenvalue weighted by molar-refractivity contribution is 5.84. The van der Waals surface area contributed by atoms with E-state index in [4.69, 9.17) is 4.74 Å². The Morgan fingerprint density at radius 1 is 0.927 bits per heavy atom. The van der Waals surface area contributed by atoms with Gasteiger partial charge in [0.1, 0.15) is 6.10 Å². The molecule has 0 aromatic heterocycles. The van der Waals surface area contributed by atoms with Crippen LogP contribution in [0.15, 0.2) is 11.6 Å². The van der Waals surface area contributed by atoms with Crippen molar-refractivity contribution < 1.29 is 14.3 Å². The number of nitrogens with zero attached hydrogens (tertiary/aromatic N) is 1. The molecule has 0 spiro atoms. The van der Waals surface area contributed by atoms with Crippen molar-refractivity contribution in [3.63, 3.8) is 0 Å². The molecular formula is C36H60N2O3. The van der Waals surface area contributed by atoms with Crippen LogP contribution in [0.25, 0.3) is 0 Å². The van der Waals surface area contributed by atoms with E-state index in [1.165, 1.54) is 12.8 Å². The van der Waals surface area contributed by atoms with Crippen molar-refractivity contribution in [2.45, 2.75) is 126 Å². The molecule has 4 fully saturated rings. The number of ether oxygens (including phenoxy) is 1. The molecule has 0 saturated heterocycles. The number of fused-ring (bicyclic) bond motifs is 7. The molecule has 0 bridgehead atoms. The minimum absolute atomic E-state index is 0.0125. The second-order valence-electron chi connectivity index (χ2n) is 17.4. The van der Waals surface area contributed by atoms with Crippen LogP contribution in [0.3, 0.4) is 0 Å². The van der Waals surface area contributed by atoms with Gasteiger partial charge in [0.15, 0.2) is 0 Å². The van der Waals surface area contributed by atoms with E-state index in [0.29, 0.717) is 23.7 Å². The summed E-state index contributed by atoms with van der Waals surface area (Å²) in [5.74, 6) is 1.67. The number of amides is 1. The predicted octanol–water partition coefficient (Wildman–Crippen LogP) is 7.40. The van der Waals surface area contributed by atoms with Gasteiger partial charge in [-0.1, -0.05) is 60.1 Å². The van der Waals surface area contributed by atoms with E-state index < -0.39 is 0 Å². The Hall–Kier alpha value is -1.36. The molecule has 8 atom stereocenters. The van der Waals surface area contributed by atoms with Crippen LogP contribution >= 0.6 is 0 Å². The molecule has 5 aliphatic rings. The average molecular weight is 569 g/mol. The van der Waals surface area contributed by atoms with Gasteiger partial charge in [-0.3, -0.25) is 9.59 Å². The lowest BCUT2D eigenvalue weighted by Gasteiger charge is -2.71. The smallest absolute Gasteiger partial charge is 0.302 e. The Kier molecular flexibility index (Phi) is 7.65. The summed E-state index contributed by atoms with van der Waals surface area (Å²) >= 11 is 0. The molecule has 0 unspecified atom stereocenters. The topological polar surface area (TPSA) is 58.6 Å². The van der Waals surface area contributed by atoms with Crippen LogP contribution in [0.4, 0.5) is 0 Å². The molecule has 5 aliphatic carbocycles. The molecule has 1 N–H and O–H groups in total. The standard InChI is InChI=1S/C36H60N2O3/c1-24(39)41-29-14-15-33(6)27(32(29,4)5)13-16-35(8)28(33)12-11-25-26-23-31(2,3)17-19-36(26,20-18-34(25,35)7)30(40)37-21-22-38(9)10/h11,26-29H,12-23H2,1-10H3,(H,37,40)/t26-,27-,28-,29-,33-,34+,35-,36+/m1/s1. The highest BCUT2D eigenvalue weighted by Gasteiger charge is 2.69. The molecular weight excluding hydrogens is 508 g/mol. The maximum absolute atomic E-state index is 14.1. The van der Waals surface area contributed by atoms with Crippen molar-refractivity contribution in [2.75, 3.05) is 27.2 Å². The first kappa shape index (κ1) is 31.1. The quantitative estimate of drug-likeness (QED) is 0.277. The molecule has 5 rings (SSSR count). The third-order valence-corrected chi connectivity index (χ3v) is 14.2. The molecule has 0 aromatic rings. The van der Waals surface area contributed by atoms with Gasteiger partial charge < -0.3 is 15.0 Å². The molecule has 5 nitrogen and oxygen atoms in total. The van der Waals surface area contributed by atoms with Crippen molar-refractivity contribution in [3.8, 4) is 0 Å². The number of hydrogen-bond acceptors (Lipinski definition) is 4. The maximum Gasteiger partial charge on any atom is 0.302 e. The van der Waals surface area contributed by atoms with Crippen LogP contribution in [-0.2, 0) is 14.3 Å². The van der Waals surface area contributed by atoms with Gasteiger partial charge >= 0.3 is 5.97 Å². The fraction of sp³-hybridized carbons (Fsp3) is 0.889. The summed E-state index contributed by atoms with van der Waals surface area (Å²) in [5.41, 5.74) is 2.16. The SMILES string of the molecule is CC(=O)O[C@@H]1CC[C@]2(C)[C@H](CC[C@]3(C)[C@@H]2CC=C2[C@H]4CC(C)(C)CC[C@]4(C(=O)NCCN(C)C)CC[C@@]23C)C1(C)C. The number of carbonyl (C=O) groups is 2. The van der Waals surface area contributed by atoms with Gasteiger partial charge in [-0.2, -0.15) is 0 Å². The Labute approximate surface area is 251 Å². The third kappa shape index (κ3) is 4.65. The molecule has 232 valence electrons. The first-order valence-electron chi connectivity index (χ1n) is 16.7. The zero-order chi connectivity index (χ0) is 30.2. The zero-order valence-corrected chi connectivity index (χ0v) is 28.0. The van der Waals surface area contributed by atoms with Crippen LogP contribution < -0.4 is 5.32 Å². The fourth-order valence-corrected chi connectivity index (χ4v) is 11.6. The first-order valence-corrected chi connectivity index (χ1v) is 16.7. The monoisotopic (exact) mass is 568 g/mol. The first-order chi connectivity index (χ1) is 18.9. The number of likely N-dealkylation sites (N-methyl/N-ethyl adjacent to an activating group) is 1. The number of nitrogens with one attached hydrogen (secondary N) is 1. The molecule has 1 amide bonds. The third-order valence-electron chi connectivity index (χ3n) is 14.2. The Balaban J connectivity index is 1.50. The number of rotatable bonds is 5. The number of esters is 1. The lowest BCUT2D eigenvalue weighted by Crippen LogP contribution is -2.65. The van der Waals surface area contributed by atoms with Crippen LogP contribution in [0.5, 0.6) is 0 Å². The van der Waals surface area contributed by atoms with E-state index >= 15 is 0 Å². The molecule has 0 radical (unpaired) electrons. The maximum atomic E-state index is 14.1. The molecule has 0 aromatic carbocycles. The Morgan fingerprint density at radius 3 is 2.27 bits per heavy atom. The lowest BCUT2D eigenvalue weighted by atomic mass is 9.33. The largest absolute Gasteiger partial charge is 0.462 e. The van der Waals surface area contributed by atoms with Gasteiger partial charge in [0.25, 0.3) is 0 Å². The zero-order valence-electron chi connectivity index (χ0n) is 28.0. The van der Waals surface area contributed by atoms with Gasteiger partial charge in [-0.25, -0.2) is 0 Å². The molecule has 5 heteroatoms. The number of hydrogen-bond donors (Lipinski definition) is 1. The van der Waals surface area contributed by atoms with E-state index in [9.17, 15) is 9.59 Å². The summed E-state index contributed by atoms with van der Waals surface area (Å²) < 4.78 is 5.93. The van der Waals surface area contributed by atoms with Crippen molar-refractivity contribution in [3.05, 3.63) is 11.6 Å². The second kappa shape index (κ2) is 10.1. The van der Waals surface area contributed by atoms with E-state index in [-0.39, 0.29) is 44.6 Å². The van der Waals surface area contributed by atoms with Crippen LogP contribution in [0.1, 0.15) is 120 Å². The van der Waals surface area contributed by atoms with E-state index in [0.717, 1.165) is 64.5 Å². The van der Waals surface area contributed by atoms with Crippen LogP contribution in [-0.4, -0.2) is 50.1 Å². The van der Waals surface area contributed by atoms with Crippen molar-refractivity contribution in [1.82, 2.24) is 10.2 Å². The van der Waals surface area contributed by atoms with Crippen molar-refractivity contribution in [1.29, 1.82) is 0 Å². The van der Waals surface area contributed by atoms with Gasteiger partial charge in [0, 0.05) is 25.4 Å². The second-order valence-corrected chi connectivity index (χ2v) is 17.4. The minimum Gasteiger partial charge on any atom is -0.462 e. The molecule has 41 heavy (non-hydrogen) atoms. The summed E-state index contributed by atoms with van der Waals surface area (Å²) in [7, 11) is 4.15. The summed E-state index contributed by atoms with van der Waals surface area (Å²) in [5, 5.41) is 3.40. The summed E-state index contributed by atoms with van der Waals surface area (Å²) in [6.07, 6.45) is 13.7. The highest BCUT2D eigenvalue weighted by Crippen LogP contribution is 2.75. The van der Waals surface area contributed by atoms with Crippen LogP contribution in [0.2, 0.25) is 0 Å². The molecule has 4 saturated carbocycles. The van der Waals surface area contributed by atoms with Crippen LogP contribution in [0, 0.1) is 50.2 Å². The normalized spacial score (nSPS) is 44.4. The average Bonchev–Trinajstić information content (AvgIpc) is 2.85. The lowest BCUT2D eigenvalue weighted by molar-refractivity contribution is -0.212. The predicted molar refractivity (Wildman–Crippen MR) is 166 cm³/mol. The summed E-state index contributed by atoms with van der Waals surface area (Å²) in [4.78, 5) is 28.2. The van der Waals surface area contributed by atoms with E-state index in [2.05, 4.69) is 78.9 Å². The Bertz CT molecular complexity index is 1090. The molecule has 0 heterocycles. The summed E-state index contributed by atoms with van der Waals surface area (Å²) in [6.45, 7) is 20.6. The number of carbonyl (C=O) groups excluding carboxylic acids is 2. The summed E-state index contributed by atoms with van der Waals surface area (Å²) in [6, 6.07) is 0. The Morgan fingerprint density at radius 2 is 1.61 bits per heavy atom. The number of allylic oxidation sites excluding steroid dienone is 2. The van der Waals surface area contributed by atoms with E-state index in [1.54, 1.807) is 12.5 Å². The highest BCUT2D eigenvalue weighted by atomic mass is 16.5. The van der Waals surface area contributed by atoms with Crippen molar-refractivity contribution in [2.24, 2.45) is 50.2 Å². The molecule has 0 aliphatic heterocycles.